The van der Waals surface area contributed by atoms with E-state index in [1.807, 2.05) is 0 Å². The predicted octanol–water partition coefficient (Wildman–Crippen LogP) is 4.64. The van der Waals surface area contributed by atoms with E-state index in [0.717, 1.165) is 0 Å². The van der Waals surface area contributed by atoms with E-state index in [0.29, 0.717) is 0 Å². The minimum Gasteiger partial charge on any atom is -0.387 e. The lowest BCUT2D eigenvalue weighted by Gasteiger charge is -2.41. The van der Waals surface area contributed by atoms with Gasteiger partial charge in [-0.05, 0) is 49.4 Å². The number of halogens is 4. The summed E-state index contributed by atoms with van der Waals surface area (Å²) in [5.74, 6) is -1.31. The Hall–Kier alpha value is -1.76. The Bertz CT molecular complexity index is 842. The highest BCUT2D eigenvalue weighted by molar-refractivity contribution is 6.33. The highest BCUT2D eigenvalue weighted by Crippen LogP contribution is 2.42. The molecule has 1 aliphatic rings. The number of aliphatic hydroxyl groups is 1. The third-order valence-electron chi connectivity index (χ3n) is 4.86. The summed E-state index contributed by atoms with van der Waals surface area (Å²) in [6.07, 6.45) is 0.868. The van der Waals surface area contributed by atoms with Gasteiger partial charge in [-0.15, -0.1) is 0 Å². The van der Waals surface area contributed by atoms with Gasteiger partial charge in [0.25, 0.3) is 5.91 Å². The van der Waals surface area contributed by atoms with Gasteiger partial charge in [0.1, 0.15) is 17.7 Å². The van der Waals surface area contributed by atoms with Crippen LogP contribution >= 0.6 is 23.2 Å². The summed E-state index contributed by atoms with van der Waals surface area (Å²) in [6.45, 7) is 0. The molecule has 144 valence electrons. The number of nitrogens with one attached hydrogen (secondary N) is 1. The van der Waals surface area contributed by atoms with Crippen LogP contribution in [0, 0.1) is 5.82 Å². The van der Waals surface area contributed by atoms with E-state index in [9.17, 15) is 18.7 Å². The van der Waals surface area contributed by atoms with Crippen molar-refractivity contribution in [2.45, 2.75) is 43.5 Å². The molecule has 8 heteroatoms. The van der Waals surface area contributed by atoms with Gasteiger partial charge >= 0.3 is 0 Å². The molecule has 3 rings (SSSR count). The molecule has 0 spiro atoms. The molecule has 0 saturated heterocycles. The largest absolute Gasteiger partial charge is 0.387 e. The van der Waals surface area contributed by atoms with Gasteiger partial charge in [0.15, 0.2) is 0 Å². The molecule has 1 fully saturated rings. The topological polar surface area (TPSA) is 62.2 Å². The molecule has 4 nitrogen and oxygen atoms in total. The maximum atomic E-state index is 14.0. The van der Waals surface area contributed by atoms with Crippen molar-refractivity contribution in [1.82, 2.24) is 10.3 Å². The van der Waals surface area contributed by atoms with E-state index in [2.05, 4.69) is 10.3 Å². The number of carbonyl (C=O) groups excluding carboxylic acids is 1. The van der Waals surface area contributed by atoms with Gasteiger partial charge in [0.05, 0.1) is 21.7 Å². The minimum atomic E-state index is -1.48. The number of benzene rings is 1. The van der Waals surface area contributed by atoms with Crippen LogP contribution < -0.4 is 5.32 Å². The van der Waals surface area contributed by atoms with Crippen molar-refractivity contribution >= 4 is 29.1 Å². The lowest BCUT2D eigenvalue weighted by atomic mass is 9.76. The Labute approximate surface area is 165 Å². The van der Waals surface area contributed by atoms with Gasteiger partial charge in [-0.2, -0.15) is 0 Å². The molecular formula is C19H18Cl2F2N2O2. The van der Waals surface area contributed by atoms with Crippen LogP contribution in [0.5, 0.6) is 0 Å². The molecule has 1 aromatic heterocycles. The summed E-state index contributed by atoms with van der Waals surface area (Å²) in [4.78, 5) is 16.7. The van der Waals surface area contributed by atoms with E-state index >= 15 is 0 Å². The maximum Gasteiger partial charge on any atom is 0.272 e. The summed E-state index contributed by atoms with van der Waals surface area (Å²) in [6, 6.07) is 6.19. The molecule has 1 heterocycles. The van der Waals surface area contributed by atoms with Crippen LogP contribution in [-0.2, 0) is 0 Å². The SMILES string of the molecule is O=C(NC(c1cccc(F)c1Cl)C1(O)CCC(F)CC1)c1ncccc1Cl. The molecule has 1 atom stereocenters. The van der Waals surface area contributed by atoms with E-state index in [1.165, 1.54) is 30.5 Å². The van der Waals surface area contributed by atoms with Crippen molar-refractivity contribution in [3.8, 4) is 0 Å². The molecule has 2 N–H and O–H groups in total. The average molecular weight is 415 g/mol. The molecule has 0 aliphatic heterocycles. The van der Waals surface area contributed by atoms with E-state index in [1.54, 1.807) is 6.07 Å². The number of alkyl halides is 1. The molecule has 2 aromatic rings. The van der Waals surface area contributed by atoms with Crippen molar-refractivity contribution < 1.29 is 18.7 Å². The number of pyridine rings is 1. The van der Waals surface area contributed by atoms with Crippen LogP contribution in [0.2, 0.25) is 10.0 Å². The summed E-state index contributed by atoms with van der Waals surface area (Å²) in [5.41, 5.74) is -1.28. The second-order valence-electron chi connectivity index (χ2n) is 6.66. The standard InChI is InChI=1S/C19H18Cl2F2N2O2/c20-13-4-2-10-24-16(13)18(26)25-17(12-3-1-5-14(23)15(12)21)19(27)8-6-11(22)7-9-19/h1-5,10-11,17,27H,6-9H2,(H,25,26). The van der Waals surface area contributed by atoms with Gasteiger partial charge in [0.2, 0.25) is 0 Å². The molecule has 1 aromatic carbocycles. The fraction of sp³-hybridized carbons (Fsp3) is 0.368. The number of carbonyl (C=O) groups is 1. The van der Waals surface area contributed by atoms with Crippen LogP contribution in [0.15, 0.2) is 36.5 Å². The second kappa shape index (κ2) is 8.09. The Morgan fingerprint density at radius 1 is 1.26 bits per heavy atom. The molecule has 1 unspecified atom stereocenters. The first-order chi connectivity index (χ1) is 12.8. The number of amides is 1. The molecule has 1 saturated carbocycles. The summed E-state index contributed by atoms with van der Waals surface area (Å²) in [7, 11) is 0. The van der Waals surface area contributed by atoms with Crippen LogP contribution in [0.25, 0.3) is 0 Å². The summed E-state index contributed by atoms with van der Waals surface area (Å²) >= 11 is 12.1. The van der Waals surface area contributed by atoms with E-state index < -0.39 is 29.5 Å². The smallest absolute Gasteiger partial charge is 0.272 e. The lowest BCUT2D eigenvalue weighted by Crippen LogP contribution is -2.49. The number of aromatic nitrogens is 1. The first kappa shape index (κ1) is 20.0. The summed E-state index contributed by atoms with van der Waals surface area (Å²) in [5, 5.41) is 13.8. The van der Waals surface area contributed by atoms with Gasteiger partial charge in [0, 0.05) is 6.20 Å². The van der Waals surface area contributed by atoms with Gasteiger partial charge < -0.3 is 10.4 Å². The molecule has 1 aliphatic carbocycles. The zero-order chi connectivity index (χ0) is 19.6. The third kappa shape index (κ3) is 4.23. The van der Waals surface area contributed by atoms with Crippen molar-refractivity contribution in [3.63, 3.8) is 0 Å². The zero-order valence-electron chi connectivity index (χ0n) is 14.3. The highest BCUT2D eigenvalue weighted by Gasteiger charge is 2.43. The van der Waals surface area contributed by atoms with Gasteiger partial charge in [-0.3, -0.25) is 4.79 Å². The van der Waals surface area contributed by atoms with E-state index in [-0.39, 0.29) is 47.0 Å². The van der Waals surface area contributed by atoms with Crippen molar-refractivity contribution in [2.24, 2.45) is 0 Å². The maximum absolute atomic E-state index is 14.0. The predicted molar refractivity (Wildman–Crippen MR) is 99.2 cm³/mol. The zero-order valence-corrected chi connectivity index (χ0v) is 15.8. The van der Waals surface area contributed by atoms with Crippen LogP contribution in [0.1, 0.15) is 47.8 Å². The molecule has 0 bridgehead atoms. The molecule has 1 amide bonds. The Morgan fingerprint density at radius 2 is 1.96 bits per heavy atom. The van der Waals surface area contributed by atoms with Crippen LogP contribution in [0.3, 0.4) is 0 Å². The number of rotatable bonds is 4. The van der Waals surface area contributed by atoms with Gasteiger partial charge in [-0.1, -0.05) is 35.3 Å². The van der Waals surface area contributed by atoms with E-state index in [4.69, 9.17) is 23.2 Å². The fourth-order valence-electron chi connectivity index (χ4n) is 3.37. The number of nitrogens with zero attached hydrogens (tertiary/aromatic N) is 1. The third-order valence-corrected chi connectivity index (χ3v) is 5.56. The fourth-order valence-corrected chi connectivity index (χ4v) is 3.81. The normalized spacial score (nSPS) is 23.7. The quantitative estimate of drug-likeness (QED) is 0.765. The Morgan fingerprint density at radius 3 is 2.63 bits per heavy atom. The average Bonchev–Trinajstić information content (AvgIpc) is 2.65. The lowest BCUT2D eigenvalue weighted by molar-refractivity contribution is -0.0446. The highest BCUT2D eigenvalue weighted by atomic mass is 35.5. The Balaban J connectivity index is 1.99. The van der Waals surface area contributed by atoms with Crippen LogP contribution in [0.4, 0.5) is 8.78 Å². The molecule has 0 radical (unpaired) electrons. The summed E-state index contributed by atoms with van der Waals surface area (Å²) < 4.78 is 27.6. The van der Waals surface area contributed by atoms with Gasteiger partial charge in [-0.25, -0.2) is 13.8 Å². The van der Waals surface area contributed by atoms with Crippen molar-refractivity contribution in [3.05, 3.63) is 63.6 Å². The number of hydrogen-bond acceptors (Lipinski definition) is 3. The van der Waals surface area contributed by atoms with Crippen molar-refractivity contribution in [2.75, 3.05) is 0 Å². The number of hydrogen-bond donors (Lipinski definition) is 2. The second-order valence-corrected chi connectivity index (χ2v) is 7.45. The first-order valence-corrected chi connectivity index (χ1v) is 9.29. The molecule has 27 heavy (non-hydrogen) atoms. The molecular weight excluding hydrogens is 397 g/mol. The van der Waals surface area contributed by atoms with Crippen LogP contribution in [-0.4, -0.2) is 27.8 Å². The Kier molecular flexibility index (Phi) is 5.99. The monoisotopic (exact) mass is 414 g/mol. The first-order valence-electron chi connectivity index (χ1n) is 8.53. The van der Waals surface area contributed by atoms with Crippen molar-refractivity contribution in [1.29, 1.82) is 0 Å². The minimum absolute atomic E-state index is 0.0283.